The summed E-state index contributed by atoms with van der Waals surface area (Å²) < 4.78 is 12.7. The summed E-state index contributed by atoms with van der Waals surface area (Å²) in [6.45, 7) is 2.51. The first-order valence-electron chi connectivity index (χ1n) is 12.1. The highest BCUT2D eigenvalue weighted by molar-refractivity contribution is 5.86. The van der Waals surface area contributed by atoms with Crippen molar-refractivity contribution in [2.24, 2.45) is 0 Å². The maximum atomic E-state index is 13.1. The fourth-order valence-electron chi connectivity index (χ4n) is 4.36. The molecule has 2 amide bonds. The van der Waals surface area contributed by atoms with Crippen LogP contribution < -0.4 is 16.4 Å². The number of anilines is 1. The summed E-state index contributed by atoms with van der Waals surface area (Å²) in [6, 6.07) is 9.32. The lowest BCUT2D eigenvalue weighted by Crippen LogP contribution is -2.55. The number of unbranched alkanes of at least 4 members (excludes halogenated alkanes) is 1. The highest BCUT2D eigenvalue weighted by Crippen LogP contribution is 2.41. The molecular weight excluding hydrogens is 482 g/mol. The molecule has 2 aromatic heterocycles. The summed E-state index contributed by atoms with van der Waals surface area (Å²) >= 11 is 0. The topological polar surface area (TPSA) is 187 Å². The van der Waals surface area contributed by atoms with E-state index in [-0.39, 0.29) is 18.8 Å². The number of carbonyl (C=O) groups excluding carboxylic acids is 2. The number of nitrogen functional groups attached to an aromatic ring is 1. The molecule has 4 rings (SSSR count). The van der Waals surface area contributed by atoms with Gasteiger partial charge in [0.25, 0.3) is 5.91 Å². The van der Waals surface area contributed by atoms with Crippen molar-refractivity contribution in [1.29, 1.82) is 0 Å². The van der Waals surface area contributed by atoms with Gasteiger partial charge in [0.15, 0.2) is 23.3 Å². The van der Waals surface area contributed by atoms with Crippen LogP contribution >= 0.6 is 0 Å². The second-order valence-electron chi connectivity index (χ2n) is 8.72. The molecule has 13 nitrogen and oxygen atoms in total. The Morgan fingerprint density at radius 2 is 1.95 bits per heavy atom. The summed E-state index contributed by atoms with van der Waals surface area (Å²) in [4.78, 5) is 37.3. The van der Waals surface area contributed by atoms with Gasteiger partial charge in [0.05, 0.1) is 6.33 Å². The van der Waals surface area contributed by atoms with Crippen LogP contribution in [0.1, 0.15) is 38.0 Å². The SMILES string of the molecule is CCNC(=O)[C@@]1(CCCCNC(=O)OCc2ccccc2)O[C@@H](n2cnc3c(N)ncnc32)[C@H](O)[C@@H]1O. The van der Waals surface area contributed by atoms with Crippen LogP contribution in [0.5, 0.6) is 0 Å². The van der Waals surface area contributed by atoms with Crippen LogP contribution in [-0.4, -0.2) is 72.6 Å². The number of imidazole rings is 1. The molecule has 4 atom stereocenters. The third-order valence-corrected chi connectivity index (χ3v) is 6.26. The van der Waals surface area contributed by atoms with E-state index < -0.39 is 36.0 Å². The highest BCUT2D eigenvalue weighted by atomic mass is 16.6. The smallest absolute Gasteiger partial charge is 0.407 e. The van der Waals surface area contributed by atoms with Crippen LogP contribution in [0.2, 0.25) is 0 Å². The number of likely N-dealkylation sites (N-methyl/N-ethyl adjacent to an activating group) is 1. The number of aliphatic hydroxyl groups excluding tert-OH is 2. The number of benzene rings is 1. The molecule has 0 saturated carbocycles. The van der Waals surface area contributed by atoms with Gasteiger partial charge in [-0.3, -0.25) is 9.36 Å². The van der Waals surface area contributed by atoms with Gasteiger partial charge in [-0.2, -0.15) is 0 Å². The minimum Gasteiger partial charge on any atom is -0.445 e. The molecule has 0 spiro atoms. The lowest BCUT2D eigenvalue weighted by atomic mass is 9.88. The number of nitrogens with two attached hydrogens (primary N) is 1. The quantitative estimate of drug-likeness (QED) is 0.241. The van der Waals surface area contributed by atoms with E-state index in [2.05, 4.69) is 25.6 Å². The maximum Gasteiger partial charge on any atom is 0.407 e. The molecule has 0 unspecified atom stereocenters. The number of nitrogens with one attached hydrogen (secondary N) is 2. The minimum atomic E-state index is -1.72. The van der Waals surface area contributed by atoms with Crippen LogP contribution in [0, 0.1) is 0 Å². The van der Waals surface area contributed by atoms with Gasteiger partial charge < -0.3 is 36.1 Å². The van der Waals surface area contributed by atoms with Crippen molar-refractivity contribution in [1.82, 2.24) is 30.2 Å². The van der Waals surface area contributed by atoms with Crippen molar-refractivity contribution in [3.05, 3.63) is 48.5 Å². The fraction of sp³-hybridized carbons (Fsp3) is 0.458. The van der Waals surface area contributed by atoms with E-state index >= 15 is 0 Å². The Labute approximate surface area is 213 Å². The normalized spacial score (nSPS) is 23.2. The molecule has 1 aliphatic heterocycles. The molecule has 1 aromatic carbocycles. The molecule has 1 aliphatic rings. The molecule has 3 heterocycles. The average Bonchev–Trinajstić information content (AvgIpc) is 3.44. The molecule has 0 radical (unpaired) electrons. The molecule has 3 aromatic rings. The molecular formula is C24H31N7O6. The summed E-state index contributed by atoms with van der Waals surface area (Å²) in [5.41, 5.74) is 5.62. The second kappa shape index (κ2) is 11.5. The van der Waals surface area contributed by atoms with Crippen molar-refractivity contribution in [3.8, 4) is 0 Å². The van der Waals surface area contributed by atoms with Gasteiger partial charge in [-0.05, 0) is 31.7 Å². The number of carbonyl (C=O) groups is 2. The molecule has 13 heteroatoms. The first-order chi connectivity index (χ1) is 17.9. The van der Waals surface area contributed by atoms with E-state index in [1.54, 1.807) is 6.92 Å². The van der Waals surface area contributed by atoms with Crippen molar-refractivity contribution < 1.29 is 29.3 Å². The van der Waals surface area contributed by atoms with E-state index in [0.717, 1.165) is 5.56 Å². The van der Waals surface area contributed by atoms with Gasteiger partial charge in [0, 0.05) is 13.1 Å². The number of hydrogen-bond donors (Lipinski definition) is 5. The third-order valence-electron chi connectivity index (χ3n) is 6.26. The number of hydrogen-bond acceptors (Lipinski definition) is 10. The van der Waals surface area contributed by atoms with E-state index in [0.29, 0.717) is 37.1 Å². The Morgan fingerprint density at radius 1 is 1.16 bits per heavy atom. The Balaban J connectivity index is 1.38. The van der Waals surface area contributed by atoms with Gasteiger partial charge in [-0.1, -0.05) is 30.3 Å². The van der Waals surface area contributed by atoms with Gasteiger partial charge in [-0.25, -0.2) is 19.7 Å². The van der Waals surface area contributed by atoms with Crippen LogP contribution in [0.15, 0.2) is 43.0 Å². The average molecular weight is 514 g/mol. The van der Waals surface area contributed by atoms with Crippen molar-refractivity contribution in [2.45, 2.75) is 56.8 Å². The number of ether oxygens (including phenoxy) is 2. The number of aromatic nitrogens is 4. The van der Waals surface area contributed by atoms with Gasteiger partial charge in [0.2, 0.25) is 0 Å². The number of alkyl carbamates (subject to hydrolysis) is 1. The standard InChI is InChI=1S/C24H31N7O6/c1-2-26-22(34)24(10-6-7-11-27-23(35)36-12-15-8-4-3-5-9-15)18(33)17(32)21(37-24)31-14-30-16-19(25)28-13-29-20(16)31/h3-5,8-9,13-14,17-18,21,32-33H,2,6-7,10-12H2,1H3,(H,26,34)(H,27,35)(H2,25,28,29)/t17-,18+,21-,24+/m1/s1. The van der Waals surface area contributed by atoms with Crippen LogP contribution in [-0.2, 0) is 20.9 Å². The zero-order valence-electron chi connectivity index (χ0n) is 20.4. The molecule has 0 aliphatic carbocycles. The van der Waals surface area contributed by atoms with E-state index in [4.69, 9.17) is 15.2 Å². The number of rotatable bonds is 10. The molecule has 1 fully saturated rings. The lowest BCUT2D eigenvalue weighted by Gasteiger charge is -2.30. The Bertz CT molecular complexity index is 1220. The van der Waals surface area contributed by atoms with Crippen molar-refractivity contribution in [2.75, 3.05) is 18.8 Å². The van der Waals surface area contributed by atoms with Gasteiger partial charge >= 0.3 is 6.09 Å². The summed E-state index contributed by atoms with van der Waals surface area (Å²) in [7, 11) is 0. The van der Waals surface area contributed by atoms with Crippen molar-refractivity contribution >= 4 is 29.0 Å². The minimum absolute atomic E-state index is 0.0953. The third kappa shape index (κ3) is 5.48. The zero-order chi connectivity index (χ0) is 26.4. The highest BCUT2D eigenvalue weighted by Gasteiger charge is 2.59. The largest absolute Gasteiger partial charge is 0.445 e. The van der Waals surface area contributed by atoms with Crippen LogP contribution in [0.4, 0.5) is 10.6 Å². The second-order valence-corrected chi connectivity index (χ2v) is 8.72. The Kier molecular flexibility index (Phi) is 8.16. The number of fused-ring (bicyclic) bond motifs is 1. The maximum absolute atomic E-state index is 13.1. The van der Waals surface area contributed by atoms with Gasteiger partial charge in [0.1, 0.15) is 30.7 Å². The molecule has 0 bridgehead atoms. The van der Waals surface area contributed by atoms with Gasteiger partial charge in [-0.15, -0.1) is 0 Å². The predicted molar refractivity (Wildman–Crippen MR) is 132 cm³/mol. The van der Waals surface area contributed by atoms with Crippen LogP contribution in [0.25, 0.3) is 11.2 Å². The number of aliphatic hydroxyl groups is 2. The Morgan fingerprint density at radius 3 is 2.70 bits per heavy atom. The number of amides is 2. The Hall–Kier alpha value is -3.81. The summed E-state index contributed by atoms with van der Waals surface area (Å²) in [5, 5.41) is 27.3. The molecule has 37 heavy (non-hydrogen) atoms. The van der Waals surface area contributed by atoms with Crippen LogP contribution in [0.3, 0.4) is 0 Å². The summed E-state index contributed by atoms with van der Waals surface area (Å²) in [5.74, 6) is -0.389. The van der Waals surface area contributed by atoms with E-state index in [1.807, 2.05) is 30.3 Å². The molecule has 1 saturated heterocycles. The summed E-state index contributed by atoms with van der Waals surface area (Å²) in [6.07, 6.45) is -1.05. The first kappa shape index (κ1) is 26.3. The first-order valence-corrected chi connectivity index (χ1v) is 12.1. The molecule has 198 valence electrons. The fourth-order valence-corrected chi connectivity index (χ4v) is 4.36. The zero-order valence-corrected chi connectivity index (χ0v) is 20.4. The monoisotopic (exact) mass is 513 g/mol. The predicted octanol–water partition coefficient (Wildman–Crippen LogP) is 0.631. The van der Waals surface area contributed by atoms with Crippen molar-refractivity contribution in [3.63, 3.8) is 0 Å². The lowest BCUT2D eigenvalue weighted by molar-refractivity contribution is -0.160. The van der Waals surface area contributed by atoms with E-state index in [1.165, 1.54) is 17.2 Å². The van der Waals surface area contributed by atoms with E-state index in [9.17, 15) is 19.8 Å². The number of nitrogens with zero attached hydrogens (tertiary/aromatic N) is 4. The molecule has 6 N–H and O–H groups in total.